The smallest absolute Gasteiger partial charge is 0.331 e. The van der Waals surface area contributed by atoms with Crippen molar-refractivity contribution in [1.82, 2.24) is 4.98 Å². The maximum absolute atomic E-state index is 12.2. The van der Waals surface area contributed by atoms with Crippen molar-refractivity contribution >= 4 is 44.7 Å². The van der Waals surface area contributed by atoms with Gasteiger partial charge in [-0.05, 0) is 46.3 Å². The average molecular weight is 426 g/mol. The highest BCUT2D eigenvalue weighted by atomic mass is 79.9. The molecule has 5 nitrogen and oxygen atoms in total. The van der Waals surface area contributed by atoms with Crippen LogP contribution in [-0.4, -0.2) is 30.5 Å². The van der Waals surface area contributed by atoms with E-state index in [0.717, 1.165) is 16.5 Å². The third kappa shape index (κ3) is 4.60. The van der Waals surface area contributed by atoms with Crippen molar-refractivity contribution in [3.63, 3.8) is 0 Å². The number of halogens is 1. The summed E-state index contributed by atoms with van der Waals surface area (Å²) in [5.41, 5.74) is 2.02. The van der Waals surface area contributed by atoms with Gasteiger partial charge in [0, 0.05) is 28.8 Å². The van der Waals surface area contributed by atoms with E-state index in [-0.39, 0.29) is 12.4 Å². The Labute approximate surface area is 164 Å². The number of hydrogen-bond acceptors (Lipinski definition) is 5. The first-order chi connectivity index (χ1) is 13.1. The molecule has 0 atom stereocenters. The number of carbonyl (C=O) groups excluding carboxylic acids is 2. The molecule has 0 unspecified atom stereocenters. The first-order valence-corrected chi connectivity index (χ1v) is 8.93. The summed E-state index contributed by atoms with van der Waals surface area (Å²) >= 11 is 3.32. The topological polar surface area (TPSA) is 65.5 Å². The van der Waals surface area contributed by atoms with Crippen LogP contribution < -0.4 is 4.74 Å². The molecule has 0 aliphatic carbocycles. The molecular weight excluding hydrogens is 410 g/mol. The Morgan fingerprint density at radius 1 is 1.15 bits per heavy atom. The van der Waals surface area contributed by atoms with E-state index in [1.165, 1.54) is 6.08 Å². The molecule has 0 radical (unpaired) electrons. The van der Waals surface area contributed by atoms with E-state index in [9.17, 15) is 9.59 Å². The lowest BCUT2D eigenvalue weighted by Crippen LogP contribution is -2.12. The highest BCUT2D eigenvalue weighted by molar-refractivity contribution is 9.10. The second-order valence-corrected chi connectivity index (χ2v) is 6.49. The summed E-state index contributed by atoms with van der Waals surface area (Å²) in [6, 6.07) is 14.4. The van der Waals surface area contributed by atoms with E-state index in [2.05, 4.69) is 20.9 Å². The molecule has 0 saturated heterocycles. The SMILES string of the molecule is COc1ccc(C(=O)COC(=O)/C=C/c2cccc3cccnc23)cc1Br. The minimum atomic E-state index is -0.594. The van der Waals surface area contributed by atoms with Crippen LogP contribution in [0.25, 0.3) is 17.0 Å². The Hall–Kier alpha value is -2.99. The van der Waals surface area contributed by atoms with Gasteiger partial charge in [0.15, 0.2) is 12.4 Å². The summed E-state index contributed by atoms with van der Waals surface area (Å²) < 4.78 is 10.8. The van der Waals surface area contributed by atoms with Gasteiger partial charge in [-0.2, -0.15) is 0 Å². The van der Waals surface area contributed by atoms with Crippen LogP contribution in [0.4, 0.5) is 0 Å². The van der Waals surface area contributed by atoms with Crippen LogP contribution in [0.3, 0.4) is 0 Å². The Morgan fingerprint density at radius 3 is 2.74 bits per heavy atom. The van der Waals surface area contributed by atoms with Gasteiger partial charge >= 0.3 is 5.97 Å². The standard InChI is InChI=1S/C21H16BrNO4/c1-26-19-9-7-16(12-17(19)22)18(24)13-27-20(25)10-8-15-5-2-4-14-6-3-11-23-21(14)15/h2-12H,13H2,1H3/b10-8+. The highest BCUT2D eigenvalue weighted by Gasteiger charge is 2.11. The molecule has 0 aliphatic heterocycles. The number of ether oxygens (including phenoxy) is 2. The van der Waals surface area contributed by atoms with Crippen LogP contribution in [0.15, 0.2) is 65.3 Å². The molecule has 27 heavy (non-hydrogen) atoms. The summed E-state index contributed by atoms with van der Waals surface area (Å²) in [4.78, 5) is 28.4. The number of methoxy groups -OCH3 is 1. The maximum Gasteiger partial charge on any atom is 0.331 e. The lowest BCUT2D eigenvalue weighted by molar-refractivity contribution is -0.136. The number of hydrogen-bond donors (Lipinski definition) is 0. The Morgan fingerprint density at radius 2 is 1.96 bits per heavy atom. The largest absolute Gasteiger partial charge is 0.496 e. The van der Waals surface area contributed by atoms with Crippen LogP contribution >= 0.6 is 15.9 Å². The number of esters is 1. The third-order valence-electron chi connectivity index (χ3n) is 3.88. The van der Waals surface area contributed by atoms with Crippen molar-refractivity contribution in [2.24, 2.45) is 0 Å². The van der Waals surface area contributed by atoms with Gasteiger partial charge in [-0.25, -0.2) is 4.79 Å². The monoisotopic (exact) mass is 425 g/mol. The molecule has 3 rings (SSSR count). The lowest BCUT2D eigenvalue weighted by Gasteiger charge is -2.06. The van der Waals surface area contributed by atoms with E-state index < -0.39 is 5.97 Å². The molecule has 136 valence electrons. The van der Waals surface area contributed by atoms with Crippen molar-refractivity contribution < 1.29 is 19.1 Å². The molecular formula is C21H16BrNO4. The molecule has 0 spiro atoms. The Balaban J connectivity index is 1.63. The fourth-order valence-corrected chi connectivity index (χ4v) is 3.07. The summed E-state index contributed by atoms with van der Waals surface area (Å²) in [6.45, 7) is -0.338. The van der Waals surface area contributed by atoms with Gasteiger partial charge in [-0.15, -0.1) is 0 Å². The summed E-state index contributed by atoms with van der Waals surface area (Å²) in [7, 11) is 1.54. The zero-order valence-corrected chi connectivity index (χ0v) is 16.1. The van der Waals surface area contributed by atoms with E-state index in [0.29, 0.717) is 15.8 Å². The van der Waals surface area contributed by atoms with Crippen molar-refractivity contribution in [1.29, 1.82) is 0 Å². The number of para-hydroxylation sites is 1. The van der Waals surface area contributed by atoms with Gasteiger partial charge in [0.25, 0.3) is 0 Å². The molecule has 0 saturated carbocycles. The van der Waals surface area contributed by atoms with Crippen LogP contribution in [-0.2, 0) is 9.53 Å². The first-order valence-electron chi connectivity index (χ1n) is 8.14. The number of carbonyl (C=O) groups is 2. The van der Waals surface area contributed by atoms with Crippen LogP contribution in [0.1, 0.15) is 15.9 Å². The zero-order valence-electron chi connectivity index (χ0n) is 14.5. The molecule has 3 aromatic rings. The van der Waals surface area contributed by atoms with Crippen molar-refractivity contribution in [3.8, 4) is 5.75 Å². The Kier molecular flexibility index (Phi) is 5.98. The first kappa shape index (κ1) is 18.8. The van der Waals surface area contributed by atoms with Crippen LogP contribution in [0.2, 0.25) is 0 Å². The quantitative estimate of drug-likeness (QED) is 0.331. The van der Waals surface area contributed by atoms with Gasteiger partial charge in [-0.3, -0.25) is 9.78 Å². The highest BCUT2D eigenvalue weighted by Crippen LogP contribution is 2.25. The van der Waals surface area contributed by atoms with E-state index in [4.69, 9.17) is 9.47 Å². The van der Waals surface area contributed by atoms with E-state index >= 15 is 0 Å². The second kappa shape index (κ2) is 8.60. The van der Waals surface area contributed by atoms with Crippen molar-refractivity contribution in [2.75, 3.05) is 13.7 Å². The number of ketones is 1. The van der Waals surface area contributed by atoms with E-state index in [1.54, 1.807) is 37.6 Å². The average Bonchev–Trinajstić information content (AvgIpc) is 2.70. The van der Waals surface area contributed by atoms with Gasteiger partial charge in [-0.1, -0.05) is 24.3 Å². The molecule has 6 heteroatoms. The van der Waals surface area contributed by atoms with Gasteiger partial charge in [0.2, 0.25) is 0 Å². The molecule has 0 N–H and O–H groups in total. The maximum atomic E-state index is 12.2. The minimum Gasteiger partial charge on any atom is -0.496 e. The third-order valence-corrected chi connectivity index (χ3v) is 4.50. The number of nitrogens with zero attached hydrogens (tertiary/aromatic N) is 1. The fourth-order valence-electron chi connectivity index (χ4n) is 2.53. The van der Waals surface area contributed by atoms with Gasteiger partial charge in [0.05, 0.1) is 17.1 Å². The number of fused-ring (bicyclic) bond motifs is 1. The lowest BCUT2D eigenvalue weighted by atomic mass is 10.1. The normalized spacial score (nSPS) is 10.9. The predicted molar refractivity (Wildman–Crippen MR) is 107 cm³/mol. The number of Topliss-reactive ketones (excluding diaryl/α,β-unsaturated/α-hetero) is 1. The molecule has 0 amide bonds. The molecule has 1 heterocycles. The van der Waals surface area contributed by atoms with Crippen LogP contribution in [0, 0.1) is 0 Å². The van der Waals surface area contributed by atoms with Crippen molar-refractivity contribution in [3.05, 3.63) is 76.4 Å². The molecule has 0 aliphatic rings. The Bertz CT molecular complexity index is 1020. The summed E-state index contributed by atoms with van der Waals surface area (Å²) in [5, 5.41) is 0.980. The van der Waals surface area contributed by atoms with Gasteiger partial charge in [0.1, 0.15) is 5.75 Å². The van der Waals surface area contributed by atoms with Crippen LogP contribution in [0.5, 0.6) is 5.75 Å². The molecule has 0 fully saturated rings. The summed E-state index contributed by atoms with van der Waals surface area (Å²) in [5.74, 6) is -0.272. The number of benzene rings is 2. The molecule has 0 bridgehead atoms. The second-order valence-electron chi connectivity index (χ2n) is 5.64. The van der Waals surface area contributed by atoms with E-state index in [1.807, 2.05) is 30.3 Å². The predicted octanol–water partition coefficient (Wildman–Crippen LogP) is 4.45. The number of rotatable bonds is 6. The zero-order chi connectivity index (χ0) is 19.2. The molecule has 1 aromatic heterocycles. The fraction of sp³-hybridized carbons (Fsp3) is 0.0952. The van der Waals surface area contributed by atoms with Gasteiger partial charge < -0.3 is 9.47 Å². The summed E-state index contributed by atoms with van der Waals surface area (Å²) in [6.07, 6.45) is 4.62. The van der Waals surface area contributed by atoms with Crippen molar-refractivity contribution in [2.45, 2.75) is 0 Å². The molecule has 2 aromatic carbocycles. The number of pyridine rings is 1. The minimum absolute atomic E-state index is 0.299. The number of aromatic nitrogens is 1.